The lowest BCUT2D eigenvalue weighted by molar-refractivity contribution is 0.0358. The van der Waals surface area contributed by atoms with Crippen LogP contribution in [-0.4, -0.2) is 21.9 Å². The molecule has 1 rings (SSSR count). The summed E-state index contributed by atoms with van der Waals surface area (Å²) in [7, 11) is 0. The number of aliphatic hydroxyl groups is 2. The van der Waals surface area contributed by atoms with Gasteiger partial charge in [-0.2, -0.15) is 0 Å². The quantitative estimate of drug-likeness (QED) is 0.215. The van der Waals surface area contributed by atoms with Crippen LogP contribution >= 0.6 is 0 Å². The van der Waals surface area contributed by atoms with E-state index in [2.05, 4.69) is 40.7 Å². The van der Waals surface area contributed by atoms with E-state index in [1.807, 2.05) is 6.92 Å². The first-order valence-corrected chi connectivity index (χ1v) is 12.8. The van der Waals surface area contributed by atoms with Crippen molar-refractivity contribution in [3.8, 4) is 0 Å². The second kappa shape index (κ2) is 13.9. The van der Waals surface area contributed by atoms with E-state index in [0.29, 0.717) is 11.8 Å². The first kappa shape index (κ1) is 26.7. The smallest absolute Gasteiger partial charge is 0.0778 e. The average Bonchev–Trinajstić information content (AvgIpc) is 2.65. The standard InChI is InChI=1S/C27H52O2/c1-7-8-9-19-27(6,29)20-11-14-21(2)12-10-13-22(3)15-17-25-18-16-23(4)24(5)26(25)28/h18,21-24,26,28-29H,7-17,19-20H2,1-6H3. The molecule has 0 aromatic heterocycles. The van der Waals surface area contributed by atoms with E-state index in [1.165, 1.54) is 50.5 Å². The zero-order valence-corrected chi connectivity index (χ0v) is 20.6. The predicted octanol–water partition coefficient (Wildman–Crippen LogP) is 7.67. The highest BCUT2D eigenvalue weighted by Gasteiger charge is 2.27. The molecule has 0 saturated carbocycles. The van der Waals surface area contributed by atoms with Crippen molar-refractivity contribution >= 4 is 0 Å². The molecule has 29 heavy (non-hydrogen) atoms. The van der Waals surface area contributed by atoms with Gasteiger partial charge in [-0.05, 0) is 68.3 Å². The van der Waals surface area contributed by atoms with Gasteiger partial charge in [0.1, 0.15) is 0 Å². The van der Waals surface area contributed by atoms with Crippen LogP contribution in [0.3, 0.4) is 0 Å². The summed E-state index contributed by atoms with van der Waals surface area (Å²) >= 11 is 0. The third-order valence-corrected chi connectivity index (χ3v) is 7.58. The van der Waals surface area contributed by atoms with E-state index < -0.39 is 5.60 Å². The number of hydrogen-bond acceptors (Lipinski definition) is 2. The molecule has 0 radical (unpaired) electrons. The maximum absolute atomic E-state index is 10.5. The van der Waals surface area contributed by atoms with Crippen LogP contribution in [0.25, 0.3) is 0 Å². The zero-order chi connectivity index (χ0) is 21.9. The molecule has 6 unspecified atom stereocenters. The molecule has 1 aliphatic carbocycles. The maximum atomic E-state index is 10.5. The van der Waals surface area contributed by atoms with Gasteiger partial charge in [-0.3, -0.25) is 0 Å². The fourth-order valence-electron chi connectivity index (χ4n) is 4.80. The number of aliphatic hydroxyl groups excluding tert-OH is 1. The molecule has 0 amide bonds. The minimum Gasteiger partial charge on any atom is -0.390 e. The van der Waals surface area contributed by atoms with Gasteiger partial charge in [0, 0.05) is 0 Å². The average molecular weight is 409 g/mol. The van der Waals surface area contributed by atoms with E-state index in [1.54, 1.807) is 0 Å². The van der Waals surface area contributed by atoms with Crippen molar-refractivity contribution in [2.45, 2.75) is 137 Å². The van der Waals surface area contributed by atoms with Gasteiger partial charge in [-0.25, -0.2) is 0 Å². The molecule has 0 aromatic rings. The van der Waals surface area contributed by atoms with E-state index in [-0.39, 0.29) is 6.10 Å². The molecule has 2 nitrogen and oxygen atoms in total. The highest BCUT2D eigenvalue weighted by molar-refractivity contribution is 5.14. The number of allylic oxidation sites excluding steroid dienone is 1. The Hall–Kier alpha value is -0.340. The summed E-state index contributed by atoms with van der Waals surface area (Å²) in [6, 6.07) is 0. The highest BCUT2D eigenvalue weighted by Crippen LogP contribution is 2.33. The van der Waals surface area contributed by atoms with Crippen LogP contribution in [0, 0.1) is 23.7 Å². The zero-order valence-electron chi connectivity index (χ0n) is 20.6. The molecular weight excluding hydrogens is 356 g/mol. The van der Waals surface area contributed by atoms with Crippen LogP contribution in [0.1, 0.15) is 125 Å². The molecule has 0 bridgehead atoms. The van der Waals surface area contributed by atoms with Gasteiger partial charge in [0.05, 0.1) is 11.7 Å². The summed E-state index contributed by atoms with van der Waals surface area (Å²) in [6.45, 7) is 13.4. The second-order valence-electron chi connectivity index (χ2n) is 10.8. The SMILES string of the molecule is CCCCCC(C)(O)CCCC(C)CCCC(C)CCC1=CCC(C)C(C)C1O. The topological polar surface area (TPSA) is 40.5 Å². The van der Waals surface area contributed by atoms with Crippen molar-refractivity contribution in [1.82, 2.24) is 0 Å². The monoisotopic (exact) mass is 408 g/mol. The van der Waals surface area contributed by atoms with Crippen LogP contribution in [0.4, 0.5) is 0 Å². The van der Waals surface area contributed by atoms with Gasteiger partial charge in [0.2, 0.25) is 0 Å². The third kappa shape index (κ3) is 11.0. The molecule has 0 spiro atoms. The van der Waals surface area contributed by atoms with Crippen molar-refractivity contribution in [1.29, 1.82) is 0 Å². The minimum absolute atomic E-state index is 0.217. The summed E-state index contributed by atoms with van der Waals surface area (Å²) in [4.78, 5) is 0. The van der Waals surface area contributed by atoms with Crippen molar-refractivity contribution in [2.24, 2.45) is 23.7 Å². The molecule has 172 valence electrons. The van der Waals surface area contributed by atoms with E-state index >= 15 is 0 Å². The summed E-state index contributed by atoms with van der Waals surface area (Å²) in [5.41, 5.74) is 0.832. The lowest BCUT2D eigenvalue weighted by Crippen LogP contribution is -2.29. The lowest BCUT2D eigenvalue weighted by Gasteiger charge is -2.31. The van der Waals surface area contributed by atoms with Crippen LogP contribution < -0.4 is 0 Å². The summed E-state index contributed by atoms with van der Waals surface area (Å²) in [5, 5.41) is 21.0. The number of unbranched alkanes of at least 4 members (excludes halogenated alkanes) is 2. The molecule has 0 heterocycles. The van der Waals surface area contributed by atoms with E-state index in [0.717, 1.165) is 50.4 Å². The lowest BCUT2D eigenvalue weighted by atomic mass is 9.78. The molecule has 2 N–H and O–H groups in total. The Morgan fingerprint density at radius 3 is 2.21 bits per heavy atom. The van der Waals surface area contributed by atoms with E-state index in [4.69, 9.17) is 0 Å². The number of rotatable bonds is 15. The van der Waals surface area contributed by atoms with Crippen LogP contribution in [0.2, 0.25) is 0 Å². The summed E-state index contributed by atoms with van der Waals surface area (Å²) in [6.07, 6.45) is 17.3. The van der Waals surface area contributed by atoms with Crippen LogP contribution in [-0.2, 0) is 0 Å². The first-order valence-electron chi connectivity index (χ1n) is 12.8. The Kier molecular flexibility index (Phi) is 12.8. The second-order valence-corrected chi connectivity index (χ2v) is 10.8. The molecule has 0 aliphatic heterocycles. The minimum atomic E-state index is -0.461. The van der Waals surface area contributed by atoms with Gasteiger partial charge in [-0.1, -0.05) is 92.1 Å². The Bertz CT molecular complexity index is 453. The van der Waals surface area contributed by atoms with Crippen LogP contribution in [0.5, 0.6) is 0 Å². The Balaban J connectivity index is 2.13. The van der Waals surface area contributed by atoms with Gasteiger partial charge < -0.3 is 10.2 Å². The largest absolute Gasteiger partial charge is 0.390 e. The molecule has 0 fully saturated rings. The summed E-state index contributed by atoms with van der Waals surface area (Å²) in [5.74, 6) is 2.51. The Labute approximate surface area is 182 Å². The van der Waals surface area contributed by atoms with Gasteiger partial charge in [0.25, 0.3) is 0 Å². The molecule has 0 saturated heterocycles. The van der Waals surface area contributed by atoms with Crippen LogP contribution in [0.15, 0.2) is 11.6 Å². The van der Waals surface area contributed by atoms with E-state index in [9.17, 15) is 10.2 Å². The van der Waals surface area contributed by atoms with Gasteiger partial charge in [0.15, 0.2) is 0 Å². The summed E-state index contributed by atoms with van der Waals surface area (Å²) < 4.78 is 0. The maximum Gasteiger partial charge on any atom is 0.0778 e. The Morgan fingerprint density at radius 1 is 0.966 bits per heavy atom. The molecule has 0 aromatic carbocycles. The van der Waals surface area contributed by atoms with Crippen molar-refractivity contribution in [2.75, 3.05) is 0 Å². The van der Waals surface area contributed by atoms with Gasteiger partial charge in [-0.15, -0.1) is 0 Å². The third-order valence-electron chi connectivity index (χ3n) is 7.58. The van der Waals surface area contributed by atoms with Gasteiger partial charge >= 0.3 is 0 Å². The fourth-order valence-corrected chi connectivity index (χ4v) is 4.80. The molecule has 6 atom stereocenters. The van der Waals surface area contributed by atoms with Crippen molar-refractivity contribution in [3.63, 3.8) is 0 Å². The van der Waals surface area contributed by atoms with Crippen molar-refractivity contribution < 1.29 is 10.2 Å². The molecule has 1 aliphatic rings. The first-order chi connectivity index (χ1) is 13.7. The highest BCUT2D eigenvalue weighted by atomic mass is 16.3. The number of hydrogen-bond donors (Lipinski definition) is 2. The normalized spacial score (nSPS) is 26.6. The molecule has 2 heteroatoms. The predicted molar refractivity (Wildman–Crippen MR) is 127 cm³/mol. The van der Waals surface area contributed by atoms with Crippen molar-refractivity contribution in [3.05, 3.63) is 11.6 Å². The molecular formula is C27H52O2. The fraction of sp³-hybridized carbons (Fsp3) is 0.926. The Morgan fingerprint density at radius 2 is 1.55 bits per heavy atom.